The fourth-order valence-corrected chi connectivity index (χ4v) is 1.48. The zero-order valence-electron chi connectivity index (χ0n) is 12.1. The molecule has 0 radical (unpaired) electrons. The average Bonchev–Trinajstić information content (AvgIpc) is 2.36. The predicted molar refractivity (Wildman–Crippen MR) is 77.8 cm³/mol. The molecule has 1 rings (SSSR count). The Labute approximate surface area is 115 Å². The van der Waals surface area contributed by atoms with Gasteiger partial charge in [-0.3, -0.25) is 4.79 Å². The molecule has 106 valence electrons. The number of amides is 1. The van der Waals surface area contributed by atoms with Gasteiger partial charge in [-0.15, -0.1) is 0 Å². The number of nitrogens with one attached hydrogen (secondary N) is 1. The van der Waals surface area contributed by atoms with E-state index in [2.05, 4.69) is 5.32 Å². The van der Waals surface area contributed by atoms with E-state index in [1.165, 1.54) is 0 Å². The molecule has 0 unspecified atom stereocenters. The van der Waals surface area contributed by atoms with E-state index in [4.69, 9.17) is 10.5 Å². The highest BCUT2D eigenvalue weighted by Crippen LogP contribution is 2.12. The van der Waals surface area contributed by atoms with Gasteiger partial charge < -0.3 is 15.8 Å². The maximum atomic E-state index is 11.8. The maximum Gasteiger partial charge on any atom is 0.241 e. The number of nitrogens with two attached hydrogens (primary N) is 1. The molecule has 0 heterocycles. The van der Waals surface area contributed by atoms with Crippen LogP contribution in [-0.2, 0) is 16.1 Å². The summed E-state index contributed by atoms with van der Waals surface area (Å²) >= 11 is 0. The van der Waals surface area contributed by atoms with Gasteiger partial charge >= 0.3 is 0 Å². The van der Waals surface area contributed by atoms with Crippen LogP contribution in [0.3, 0.4) is 0 Å². The van der Waals surface area contributed by atoms with Gasteiger partial charge in [0.2, 0.25) is 5.91 Å². The van der Waals surface area contributed by atoms with E-state index in [0.717, 1.165) is 11.3 Å². The molecule has 4 heteroatoms. The molecular formula is C15H24N2O2. The molecule has 1 aromatic rings. The molecule has 4 nitrogen and oxygen atoms in total. The van der Waals surface area contributed by atoms with E-state index >= 15 is 0 Å². The second-order valence-electron chi connectivity index (χ2n) is 5.32. The molecular weight excluding hydrogens is 240 g/mol. The lowest BCUT2D eigenvalue weighted by atomic mass is 10.0. The topological polar surface area (TPSA) is 64.3 Å². The fraction of sp³-hybridized carbons (Fsp3) is 0.533. The van der Waals surface area contributed by atoms with Gasteiger partial charge in [0.1, 0.15) is 0 Å². The molecule has 19 heavy (non-hydrogen) atoms. The van der Waals surface area contributed by atoms with Crippen LogP contribution in [0, 0.1) is 5.92 Å². The number of rotatable bonds is 6. The minimum absolute atomic E-state index is 0.124. The molecule has 1 amide bonds. The third-order valence-corrected chi connectivity index (χ3v) is 2.83. The molecule has 1 atom stereocenters. The summed E-state index contributed by atoms with van der Waals surface area (Å²) in [6.45, 7) is 8.44. The Morgan fingerprint density at radius 3 is 2.26 bits per heavy atom. The van der Waals surface area contributed by atoms with Crippen LogP contribution in [0.4, 0.5) is 5.69 Å². The standard InChI is InChI=1S/C15H24N2O2/c1-10(2)14(16)15(18)17-13-7-5-12(6-8-13)9-19-11(3)4/h5-8,10-11,14H,9,16H2,1-4H3,(H,17,18)/t14-/m0/s1. The zero-order chi connectivity index (χ0) is 14.4. The molecule has 0 bridgehead atoms. The SMILES string of the molecule is CC(C)OCc1ccc(NC(=O)[C@@H](N)C(C)C)cc1. The van der Waals surface area contributed by atoms with Gasteiger partial charge in [0, 0.05) is 5.69 Å². The summed E-state index contributed by atoms with van der Waals surface area (Å²) in [7, 11) is 0. The monoisotopic (exact) mass is 264 g/mol. The highest BCUT2D eigenvalue weighted by Gasteiger charge is 2.16. The number of ether oxygens (including phenoxy) is 1. The lowest BCUT2D eigenvalue weighted by Crippen LogP contribution is -2.39. The Bertz CT molecular complexity index is 399. The van der Waals surface area contributed by atoms with E-state index in [1.54, 1.807) is 0 Å². The van der Waals surface area contributed by atoms with E-state index in [1.807, 2.05) is 52.0 Å². The fourth-order valence-electron chi connectivity index (χ4n) is 1.48. The van der Waals surface area contributed by atoms with Crippen molar-refractivity contribution in [3.63, 3.8) is 0 Å². The molecule has 0 saturated heterocycles. The van der Waals surface area contributed by atoms with Crippen LogP contribution in [-0.4, -0.2) is 18.1 Å². The van der Waals surface area contributed by atoms with E-state index in [0.29, 0.717) is 6.61 Å². The van der Waals surface area contributed by atoms with Crippen molar-refractivity contribution in [3.05, 3.63) is 29.8 Å². The first-order chi connectivity index (χ1) is 8.90. The molecule has 3 N–H and O–H groups in total. The van der Waals surface area contributed by atoms with Crippen molar-refractivity contribution in [2.24, 2.45) is 11.7 Å². The van der Waals surface area contributed by atoms with Crippen LogP contribution < -0.4 is 11.1 Å². The summed E-state index contributed by atoms with van der Waals surface area (Å²) in [6.07, 6.45) is 0.211. The summed E-state index contributed by atoms with van der Waals surface area (Å²) < 4.78 is 5.51. The number of carbonyl (C=O) groups excluding carboxylic acids is 1. The van der Waals surface area contributed by atoms with Crippen LogP contribution in [0.1, 0.15) is 33.3 Å². The Morgan fingerprint density at radius 1 is 1.21 bits per heavy atom. The third kappa shape index (κ3) is 5.41. The van der Waals surface area contributed by atoms with Crippen LogP contribution in [0.15, 0.2) is 24.3 Å². The summed E-state index contributed by atoms with van der Waals surface area (Å²) in [5.74, 6) is -0.0279. The quantitative estimate of drug-likeness (QED) is 0.830. The van der Waals surface area contributed by atoms with Gasteiger partial charge in [-0.1, -0.05) is 26.0 Å². The van der Waals surface area contributed by atoms with Crippen LogP contribution in [0.25, 0.3) is 0 Å². The van der Waals surface area contributed by atoms with Crippen molar-refractivity contribution in [1.29, 1.82) is 0 Å². The van der Waals surface area contributed by atoms with Crippen molar-refractivity contribution in [1.82, 2.24) is 0 Å². The first-order valence-corrected chi connectivity index (χ1v) is 6.67. The number of hydrogen-bond donors (Lipinski definition) is 2. The molecule has 0 saturated carbocycles. The predicted octanol–water partition coefficient (Wildman–Crippen LogP) is 2.53. The van der Waals surface area contributed by atoms with Gasteiger partial charge in [-0.05, 0) is 37.5 Å². The molecule has 0 aliphatic heterocycles. The van der Waals surface area contributed by atoms with Crippen LogP contribution in [0.5, 0.6) is 0 Å². The van der Waals surface area contributed by atoms with Crippen molar-refractivity contribution in [2.75, 3.05) is 5.32 Å². The minimum Gasteiger partial charge on any atom is -0.374 e. The average molecular weight is 264 g/mol. The van der Waals surface area contributed by atoms with Gasteiger partial charge in [-0.2, -0.15) is 0 Å². The van der Waals surface area contributed by atoms with Crippen molar-refractivity contribution in [2.45, 2.75) is 46.4 Å². The zero-order valence-corrected chi connectivity index (χ0v) is 12.1. The number of hydrogen-bond acceptors (Lipinski definition) is 3. The van der Waals surface area contributed by atoms with Crippen molar-refractivity contribution in [3.8, 4) is 0 Å². The number of carbonyl (C=O) groups is 1. The number of anilines is 1. The minimum atomic E-state index is -0.482. The Kier molecular flexibility index (Phi) is 5.99. The van der Waals surface area contributed by atoms with Gasteiger partial charge in [0.15, 0.2) is 0 Å². The third-order valence-electron chi connectivity index (χ3n) is 2.83. The first-order valence-electron chi connectivity index (χ1n) is 6.67. The summed E-state index contributed by atoms with van der Waals surface area (Å²) in [4.78, 5) is 11.8. The smallest absolute Gasteiger partial charge is 0.241 e. The summed E-state index contributed by atoms with van der Waals surface area (Å²) in [5, 5.41) is 2.81. The van der Waals surface area contributed by atoms with E-state index in [-0.39, 0.29) is 17.9 Å². The van der Waals surface area contributed by atoms with Crippen LogP contribution in [0.2, 0.25) is 0 Å². The molecule has 0 aliphatic rings. The second-order valence-corrected chi connectivity index (χ2v) is 5.32. The second kappa shape index (κ2) is 7.26. The first kappa shape index (κ1) is 15.7. The van der Waals surface area contributed by atoms with Gasteiger partial charge in [0.25, 0.3) is 0 Å². The van der Waals surface area contributed by atoms with Crippen LogP contribution >= 0.6 is 0 Å². The Balaban J connectivity index is 2.55. The normalized spacial score (nSPS) is 12.8. The molecule has 0 spiro atoms. The maximum absolute atomic E-state index is 11.8. The number of benzene rings is 1. The highest BCUT2D eigenvalue weighted by molar-refractivity contribution is 5.94. The summed E-state index contributed by atoms with van der Waals surface area (Å²) in [5.41, 5.74) is 7.63. The Hall–Kier alpha value is -1.39. The van der Waals surface area contributed by atoms with E-state index < -0.39 is 6.04 Å². The highest BCUT2D eigenvalue weighted by atomic mass is 16.5. The van der Waals surface area contributed by atoms with Gasteiger partial charge in [0.05, 0.1) is 18.8 Å². The molecule has 0 fully saturated rings. The van der Waals surface area contributed by atoms with Gasteiger partial charge in [-0.25, -0.2) is 0 Å². The Morgan fingerprint density at radius 2 is 1.79 bits per heavy atom. The lowest BCUT2D eigenvalue weighted by Gasteiger charge is -2.15. The summed E-state index contributed by atoms with van der Waals surface area (Å²) in [6, 6.07) is 7.13. The van der Waals surface area contributed by atoms with E-state index in [9.17, 15) is 4.79 Å². The van der Waals surface area contributed by atoms with Crippen molar-refractivity contribution >= 4 is 11.6 Å². The lowest BCUT2D eigenvalue weighted by molar-refractivity contribution is -0.118. The molecule has 0 aromatic heterocycles. The molecule has 1 aromatic carbocycles. The largest absolute Gasteiger partial charge is 0.374 e. The molecule has 0 aliphatic carbocycles. The van der Waals surface area contributed by atoms with Crippen molar-refractivity contribution < 1.29 is 9.53 Å².